The number of ether oxygens (including phenoxy) is 2. The molecule has 0 saturated heterocycles. The molecule has 0 aliphatic rings. The monoisotopic (exact) mass is 436 g/mol. The second-order valence-electron chi connectivity index (χ2n) is 7.71. The minimum Gasteiger partial charge on any atom is -0.462 e. The van der Waals surface area contributed by atoms with E-state index in [2.05, 4.69) is 0 Å². The summed E-state index contributed by atoms with van der Waals surface area (Å²) in [5.74, 6) is -1.90. The SMILES string of the molecule is CCOC(=O)c1cc(C(=O)OCC)c2c(C(N)=O)c(C(C)C)n(Cc3ccccc3)c2c1. The van der Waals surface area contributed by atoms with Gasteiger partial charge in [-0.05, 0) is 37.5 Å². The van der Waals surface area contributed by atoms with Crippen molar-refractivity contribution in [2.75, 3.05) is 13.2 Å². The first kappa shape index (κ1) is 23.1. The maximum Gasteiger partial charge on any atom is 0.338 e. The van der Waals surface area contributed by atoms with Gasteiger partial charge < -0.3 is 19.8 Å². The third-order valence-corrected chi connectivity index (χ3v) is 5.19. The molecule has 0 saturated carbocycles. The molecule has 0 unspecified atom stereocenters. The molecule has 1 aromatic heterocycles. The normalized spacial score (nSPS) is 11.0. The number of aromatic nitrogens is 1. The van der Waals surface area contributed by atoms with Crippen LogP contribution in [0.1, 0.15) is 75.9 Å². The summed E-state index contributed by atoms with van der Waals surface area (Å²) >= 11 is 0. The molecule has 3 aromatic rings. The van der Waals surface area contributed by atoms with Crippen molar-refractivity contribution in [1.82, 2.24) is 4.57 Å². The molecule has 3 rings (SSSR count). The lowest BCUT2D eigenvalue weighted by Crippen LogP contribution is -2.16. The summed E-state index contributed by atoms with van der Waals surface area (Å²) in [5, 5.41) is 0.392. The van der Waals surface area contributed by atoms with E-state index in [1.165, 1.54) is 6.07 Å². The largest absolute Gasteiger partial charge is 0.462 e. The number of hydrogen-bond acceptors (Lipinski definition) is 5. The van der Waals surface area contributed by atoms with E-state index >= 15 is 0 Å². The van der Waals surface area contributed by atoms with Gasteiger partial charge in [0.05, 0.1) is 35.4 Å². The number of fused-ring (bicyclic) bond motifs is 1. The molecule has 0 atom stereocenters. The molecule has 1 amide bonds. The van der Waals surface area contributed by atoms with Crippen molar-refractivity contribution in [1.29, 1.82) is 0 Å². The standard InChI is InChI=1S/C25H28N2O5/c1-5-31-24(29)17-12-18(25(30)32-6-2)20-19(13-17)27(14-16-10-8-7-9-11-16)22(15(3)4)21(20)23(26)28/h7-13,15H,5-6,14H2,1-4H3,(H2,26,28). The van der Waals surface area contributed by atoms with Crippen molar-refractivity contribution in [3.05, 3.63) is 70.4 Å². The molecule has 2 aromatic carbocycles. The van der Waals surface area contributed by atoms with Crippen LogP contribution in [-0.4, -0.2) is 35.6 Å². The lowest BCUT2D eigenvalue weighted by Gasteiger charge is -2.15. The van der Waals surface area contributed by atoms with Crippen LogP contribution < -0.4 is 5.73 Å². The van der Waals surface area contributed by atoms with Crippen LogP contribution in [-0.2, 0) is 16.0 Å². The summed E-state index contributed by atoms with van der Waals surface area (Å²) in [7, 11) is 0. The molecule has 2 N–H and O–H groups in total. The number of benzene rings is 2. The molecule has 0 aliphatic heterocycles. The van der Waals surface area contributed by atoms with E-state index in [0.717, 1.165) is 5.56 Å². The highest BCUT2D eigenvalue weighted by molar-refractivity contribution is 6.16. The van der Waals surface area contributed by atoms with Crippen molar-refractivity contribution in [3.8, 4) is 0 Å². The Morgan fingerprint density at radius 3 is 2.16 bits per heavy atom. The van der Waals surface area contributed by atoms with Crippen LogP contribution in [0.2, 0.25) is 0 Å². The summed E-state index contributed by atoms with van der Waals surface area (Å²) in [6, 6.07) is 12.8. The molecule has 7 nitrogen and oxygen atoms in total. The van der Waals surface area contributed by atoms with Gasteiger partial charge in [0.1, 0.15) is 0 Å². The molecular weight excluding hydrogens is 408 g/mol. The Morgan fingerprint density at radius 2 is 1.59 bits per heavy atom. The van der Waals surface area contributed by atoms with E-state index in [4.69, 9.17) is 15.2 Å². The Kier molecular flexibility index (Phi) is 6.98. The van der Waals surface area contributed by atoms with E-state index < -0.39 is 17.8 Å². The first-order chi connectivity index (χ1) is 15.3. The van der Waals surface area contributed by atoms with E-state index in [0.29, 0.717) is 23.1 Å². The molecule has 0 aliphatic carbocycles. The van der Waals surface area contributed by atoms with Crippen molar-refractivity contribution < 1.29 is 23.9 Å². The number of carbonyl (C=O) groups is 3. The Bertz CT molecular complexity index is 1160. The van der Waals surface area contributed by atoms with E-state index in [-0.39, 0.29) is 35.8 Å². The first-order valence-electron chi connectivity index (χ1n) is 10.7. The third kappa shape index (κ3) is 4.37. The lowest BCUT2D eigenvalue weighted by atomic mass is 9.98. The van der Waals surface area contributed by atoms with Gasteiger partial charge >= 0.3 is 11.9 Å². The highest BCUT2D eigenvalue weighted by Crippen LogP contribution is 2.35. The Labute approximate surface area is 187 Å². The van der Waals surface area contributed by atoms with Gasteiger partial charge in [0.25, 0.3) is 5.91 Å². The summed E-state index contributed by atoms with van der Waals surface area (Å²) in [4.78, 5) is 38.1. The average molecular weight is 437 g/mol. The van der Waals surface area contributed by atoms with Gasteiger partial charge in [-0.1, -0.05) is 44.2 Å². The molecule has 32 heavy (non-hydrogen) atoms. The highest BCUT2D eigenvalue weighted by atomic mass is 16.5. The van der Waals surface area contributed by atoms with Crippen LogP contribution in [0.4, 0.5) is 0 Å². The summed E-state index contributed by atoms with van der Waals surface area (Å²) in [6.07, 6.45) is 0. The predicted molar refractivity (Wildman–Crippen MR) is 122 cm³/mol. The predicted octanol–water partition coefficient (Wildman–Crippen LogP) is 4.27. The number of rotatable bonds is 8. The van der Waals surface area contributed by atoms with Crippen LogP contribution in [0.5, 0.6) is 0 Å². The van der Waals surface area contributed by atoms with E-state index in [1.807, 2.05) is 48.7 Å². The van der Waals surface area contributed by atoms with Crippen molar-refractivity contribution in [2.45, 2.75) is 40.2 Å². The number of esters is 2. The summed E-state index contributed by atoms with van der Waals surface area (Å²) < 4.78 is 12.4. The smallest absolute Gasteiger partial charge is 0.338 e. The zero-order valence-electron chi connectivity index (χ0n) is 18.8. The minimum absolute atomic E-state index is 0.0744. The van der Waals surface area contributed by atoms with Crippen molar-refractivity contribution in [2.24, 2.45) is 5.73 Å². The lowest BCUT2D eigenvalue weighted by molar-refractivity contribution is 0.0526. The highest BCUT2D eigenvalue weighted by Gasteiger charge is 2.29. The van der Waals surface area contributed by atoms with Gasteiger partial charge in [-0.2, -0.15) is 0 Å². The van der Waals surface area contributed by atoms with Crippen molar-refractivity contribution in [3.63, 3.8) is 0 Å². The molecule has 0 fully saturated rings. The fraction of sp³-hybridized carbons (Fsp3) is 0.320. The Hall–Kier alpha value is -3.61. The van der Waals surface area contributed by atoms with Crippen LogP contribution in [0, 0.1) is 0 Å². The fourth-order valence-electron chi connectivity index (χ4n) is 3.98. The van der Waals surface area contributed by atoms with Gasteiger partial charge in [0.2, 0.25) is 0 Å². The molecular formula is C25H28N2O5. The molecule has 168 valence electrons. The van der Waals surface area contributed by atoms with E-state index in [1.54, 1.807) is 19.9 Å². The van der Waals surface area contributed by atoms with Crippen LogP contribution in [0.3, 0.4) is 0 Å². The first-order valence-corrected chi connectivity index (χ1v) is 10.7. The van der Waals surface area contributed by atoms with Gasteiger partial charge in [-0.15, -0.1) is 0 Å². The second kappa shape index (κ2) is 9.68. The quantitative estimate of drug-likeness (QED) is 0.532. The Balaban J connectivity index is 2.43. The maximum absolute atomic E-state index is 12.9. The average Bonchev–Trinajstić information content (AvgIpc) is 3.09. The van der Waals surface area contributed by atoms with Crippen molar-refractivity contribution >= 4 is 28.7 Å². The van der Waals surface area contributed by atoms with Gasteiger partial charge in [-0.25, -0.2) is 9.59 Å². The number of primary amides is 1. The summed E-state index contributed by atoms with van der Waals surface area (Å²) in [6.45, 7) is 8.10. The molecule has 1 heterocycles. The van der Waals surface area contributed by atoms with E-state index in [9.17, 15) is 14.4 Å². The zero-order chi connectivity index (χ0) is 23.4. The number of nitrogens with zero attached hydrogens (tertiary/aromatic N) is 1. The summed E-state index contributed by atoms with van der Waals surface area (Å²) in [5.41, 5.74) is 8.67. The minimum atomic E-state index is -0.639. The molecule has 0 bridgehead atoms. The third-order valence-electron chi connectivity index (χ3n) is 5.19. The number of amides is 1. The van der Waals surface area contributed by atoms with Gasteiger partial charge in [0.15, 0.2) is 0 Å². The second-order valence-corrected chi connectivity index (χ2v) is 7.71. The Morgan fingerprint density at radius 1 is 0.969 bits per heavy atom. The topological polar surface area (TPSA) is 101 Å². The van der Waals surface area contributed by atoms with Gasteiger partial charge in [-0.3, -0.25) is 4.79 Å². The number of nitrogens with two attached hydrogens (primary N) is 1. The molecule has 7 heteroatoms. The number of carbonyl (C=O) groups excluding carboxylic acids is 3. The van der Waals surface area contributed by atoms with Crippen LogP contribution in [0.25, 0.3) is 10.9 Å². The maximum atomic E-state index is 12.9. The van der Waals surface area contributed by atoms with Crippen LogP contribution in [0.15, 0.2) is 42.5 Å². The molecule has 0 radical (unpaired) electrons. The zero-order valence-corrected chi connectivity index (χ0v) is 18.8. The van der Waals surface area contributed by atoms with Gasteiger partial charge in [0, 0.05) is 17.6 Å². The van der Waals surface area contributed by atoms with Crippen LogP contribution >= 0.6 is 0 Å². The number of hydrogen-bond donors (Lipinski definition) is 1. The molecule has 0 spiro atoms. The fourth-order valence-corrected chi connectivity index (χ4v) is 3.98.